The number of allylic oxidation sites excluding steroid dienone is 4. The molecule has 0 saturated carbocycles. The summed E-state index contributed by atoms with van der Waals surface area (Å²) in [5, 5.41) is 11.5. The molecule has 2 saturated heterocycles. The van der Waals surface area contributed by atoms with E-state index in [-0.39, 0.29) is 18.3 Å². The molecule has 2 heterocycles. The van der Waals surface area contributed by atoms with Gasteiger partial charge in [0.2, 0.25) is 5.91 Å². The highest BCUT2D eigenvalue weighted by Gasteiger charge is 2.35. The number of carbonyl (C=O) groups excluding carboxylic acids is 2. The lowest BCUT2D eigenvalue weighted by Gasteiger charge is -2.36. The van der Waals surface area contributed by atoms with Gasteiger partial charge in [0.1, 0.15) is 11.9 Å². The lowest BCUT2D eigenvalue weighted by molar-refractivity contribution is -0.121. The Hall–Kier alpha value is -2.56. The predicted molar refractivity (Wildman–Crippen MR) is 100 cm³/mol. The third kappa shape index (κ3) is 4.64. The lowest BCUT2D eigenvalue weighted by atomic mass is 9.93. The number of hydrogen-bond acceptors (Lipinski definition) is 5. The van der Waals surface area contributed by atoms with E-state index in [2.05, 4.69) is 16.3 Å². The van der Waals surface area contributed by atoms with Gasteiger partial charge < -0.3 is 15.0 Å². The minimum absolute atomic E-state index is 0.0939. The summed E-state index contributed by atoms with van der Waals surface area (Å²) in [5.41, 5.74) is 1.31. The van der Waals surface area contributed by atoms with Crippen molar-refractivity contribution in [2.75, 3.05) is 26.2 Å². The number of nitrogens with zero attached hydrogens (tertiary/aromatic N) is 3. The van der Waals surface area contributed by atoms with Gasteiger partial charge >= 0.3 is 6.09 Å². The van der Waals surface area contributed by atoms with Gasteiger partial charge in [-0.15, -0.1) is 0 Å². The number of carbonyl (C=O) groups is 2. The molecule has 28 heavy (non-hydrogen) atoms. The van der Waals surface area contributed by atoms with E-state index in [9.17, 15) is 14.0 Å². The van der Waals surface area contributed by atoms with Gasteiger partial charge in [0.05, 0.1) is 24.9 Å². The fourth-order valence-electron chi connectivity index (χ4n) is 3.94. The van der Waals surface area contributed by atoms with Crippen LogP contribution in [0.5, 0.6) is 0 Å². The Morgan fingerprint density at radius 1 is 1.39 bits per heavy atom. The van der Waals surface area contributed by atoms with Crippen molar-refractivity contribution in [2.45, 2.75) is 51.6 Å². The first-order chi connectivity index (χ1) is 13.5. The summed E-state index contributed by atoms with van der Waals surface area (Å²) in [6, 6.07) is 2.22. The summed E-state index contributed by atoms with van der Waals surface area (Å²) in [5.74, 6) is 0.0168. The highest BCUT2D eigenvalue weighted by molar-refractivity contribution is 5.76. The number of rotatable bonds is 6. The molecule has 0 bridgehead atoms. The fraction of sp³-hybridized carbons (Fsp3) is 0.650. The molecule has 3 aliphatic rings. The molecule has 0 radical (unpaired) electrons. The minimum Gasteiger partial charge on any atom is -0.442 e. The van der Waals surface area contributed by atoms with Crippen molar-refractivity contribution in [3.63, 3.8) is 0 Å². The molecule has 2 amide bonds. The lowest BCUT2D eigenvalue weighted by Crippen LogP contribution is -2.35. The van der Waals surface area contributed by atoms with Crippen molar-refractivity contribution >= 4 is 12.0 Å². The third-order valence-corrected chi connectivity index (χ3v) is 5.63. The Balaban J connectivity index is 1.59. The maximum absolute atomic E-state index is 14.8. The first-order valence-electron chi connectivity index (χ1n) is 9.97. The van der Waals surface area contributed by atoms with Gasteiger partial charge in [-0.3, -0.25) is 9.69 Å². The zero-order chi connectivity index (χ0) is 20.1. The second-order valence-electron chi connectivity index (χ2n) is 7.50. The SMILES string of the molecule is CCC(=O)NCC1CN(C2=CC(F)=C(N3CCC(CC#N)CC3)CC2)C(=O)O1. The number of likely N-dealkylation sites (tertiary alicyclic amines) is 1. The molecule has 0 spiro atoms. The normalized spacial score (nSPS) is 23.4. The summed E-state index contributed by atoms with van der Waals surface area (Å²) in [7, 11) is 0. The number of nitrogens with one attached hydrogen (secondary N) is 1. The van der Waals surface area contributed by atoms with Crippen LogP contribution in [0.1, 0.15) is 45.4 Å². The Morgan fingerprint density at radius 3 is 2.79 bits per heavy atom. The van der Waals surface area contributed by atoms with Crippen LogP contribution in [-0.4, -0.2) is 54.1 Å². The molecule has 2 aliphatic heterocycles. The largest absolute Gasteiger partial charge is 0.442 e. The number of halogens is 1. The maximum Gasteiger partial charge on any atom is 0.414 e. The Morgan fingerprint density at radius 2 is 2.14 bits per heavy atom. The zero-order valence-electron chi connectivity index (χ0n) is 16.2. The van der Waals surface area contributed by atoms with Crippen molar-refractivity contribution in [3.05, 3.63) is 23.3 Å². The van der Waals surface area contributed by atoms with Crippen LogP contribution in [0.3, 0.4) is 0 Å². The first kappa shape index (κ1) is 20.2. The van der Waals surface area contributed by atoms with E-state index in [0.717, 1.165) is 25.9 Å². The number of piperidine rings is 1. The molecule has 0 aromatic carbocycles. The van der Waals surface area contributed by atoms with Crippen LogP contribution >= 0.6 is 0 Å². The van der Waals surface area contributed by atoms with E-state index in [1.807, 2.05) is 0 Å². The van der Waals surface area contributed by atoms with E-state index in [1.165, 1.54) is 11.0 Å². The van der Waals surface area contributed by atoms with Crippen LogP contribution in [0.2, 0.25) is 0 Å². The van der Waals surface area contributed by atoms with Gasteiger partial charge in [-0.05, 0) is 37.7 Å². The first-order valence-corrected chi connectivity index (χ1v) is 9.97. The van der Waals surface area contributed by atoms with E-state index in [1.54, 1.807) is 6.92 Å². The van der Waals surface area contributed by atoms with Crippen LogP contribution in [0.25, 0.3) is 0 Å². The highest BCUT2D eigenvalue weighted by atomic mass is 19.1. The molecule has 3 rings (SSSR count). The van der Waals surface area contributed by atoms with E-state index < -0.39 is 12.2 Å². The number of amides is 2. The van der Waals surface area contributed by atoms with E-state index in [0.29, 0.717) is 49.5 Å². The minimum atomic E-state index is -0.490. The Bertz CT molecular complexity index is 719. The summed E-state index contributed by atoms with van der Waals surface area (Å²) in [6.07, 6.45) is 4.40. The molecule has 0 aromatic heterocycles. The second kappa shape index (κ2) is 9.09. The molecular weight excluding hydrogens is 363 g/mol. The van der Waals surface area contributed by atoms with Gasteiger partial charge in [0.15, 0.2) is 0 Å². The van der Waals surface area contributed by atoms with Crippen LogP contribution in [0.15, 0.2) is 23.3 Å². The smallest absolute Gasteiger partial charge is 0.414 e. The van der Waals surface area contributed by atoms with Gasteiger partial charge in [0, 0.05) is 31.6 Å². The highest BCUT2D eigenvalue weighted by Crippen LogP contribution is 2.33. The van der Waals surface area contributed by atoms with Gasteiger partial charge in [0.25, 0.3) is 0 Å². The number of hydrogen-bond donors (Lipinski definition) is 1. The molecule has 152 valence electrons. The Kier molecular flexibility index (Phi) is 6.55. The molecule has 0 aromatic rings. The van der Waals surface area contributed by atoms with Crippen LogP contribution in [0.4, 0.5) is 9.18 Å². The number of ether oxygens (including phenoxy) is 1. The summed E-state index contributed by atoms with van der Waals surface area (Å²) in [6.45, 7) is 3.88. The third-order valence-electron chi connectivity index (χ3n) is 5.63. The molecular formula is C20H27FN4O3. The quantitative estimate of drug-likeness (QED) is 0.754. The van der Waals surface area contributed by atoms with Crippen molar-refractivity contribution in [3.8, 4) is 6.07 Å². The van der Waals surface area contributed by atoms with E-state index >= 15 is 0 Å². The summed E-state index contributed by atoms with van der Waals surface area (Å²) in [4.78, 5) is 27.1. The topological polar surface area (TPSA) is 85.7 Å². The van der Waals surface area contributed by atoms with Crippen LogP contribution in [-0.2, 0) is 9.53 Å². The summed E-state index contributed by atoms with van der Waals surface area (Å²) < 4.78 is 20.1. The van der Waals surface area contributed by atoms with Crippen LogP contribution < -0.4 is 5.32 Å². The average Bonchev–Trinajstić information content (AvgIpc) is 3.07. The standard InChI is InChI=1S/C20H27FN4O3/c1-2-19(26)23-12-16-13-25(20(27)28-16)15-3-4-18(17(21)11-15)24-9-6-14(5-8-22)7-10-24/h11,14,16H,2-7,9-10,12-13H2,1H3,(H,23,26). The number of nitriles is 1. The predicted octanol–water partition coefficient (Wildman–Crippen LogP) is 2.82. The molecule has 1 aliphatic carbocycles. The van der Waals surface area contributed by atoms with Crippen molar-refractivity contribution < 1.29 is 18.7 Å². The molecule has 8 heteroatoms. The van der Waals surface area contributed by atoms with Crippen molar-refractivity contribution in [1.29, 1.82) is 5.26 Å². The molecule has 1 atom stereocenters. The molecule has 1 unspecified atom stereocenters. The molecule has 2 fully saturated rings. The van der Waals surface area contributed by atoms with Crippen LogP contribution in [0, 0.1) is 17.2 Å². The molecule has 1 N–H and O–H groups in total. The number of cyclic esters (lactones) is 1. The average molecular weight is 390 g/mol. The fourth-order valence-corrected chi connectivity index (χ4v) is 3.94. The zero-order valence-corrected chi connectivity index (χ0v) is 16.2. The van der Waals surface area contributed by atoms with E-state index in [4.69, 9.17) is 10.00 Å². The van der Waals surface area contributed by atoms with Crippen molar-refractivity contribution in [1.82, 2.24) is 15.1 Å². The second-order valence-corrected chi connectivity index (χ2v) is 7.50. The van der Waals surface area contributed by atoms with Gasteiger partial charge in [-0.2, -0.15) is 5.26 Å². The summed E-state index contributed by atoms with van der Waals surface area (Å²) >= 11 is 0. The van der Waals surface area contributed by atoms with Gasteiger partial charge in [-0.25, -0.2) is 9.18 Å². The molecule has 7 nitrogen and oxygen atoms in total. The maximum atomic E-state index is 14.8. The van der Waals surface area contributed by atoms with Gasteiger partial charge in [-0.1, -0.05) is 6.92 Å². The van der Waals surface area contributed by atoms with Crippen molar-refractivity contribution in [2.24, 2.45) is 5.92 Å². The Labute approximate surface area is 164 Å². The monoisotopic (exact) mass is 390 g/mol.